The van der Waals surface area contributed by atoms with Gasteiger partial charge in [0.2, 0.25) is 11.7 Å². The highest BCUT2D eigenvalue weighted by atomic mass is 19.4. The number of alkyl halides is 3. The molecule has 0 spiro atoms. The summed E-state index contributed by atoms with van der Waals surface area (Å²) >= 11 is 0. The molecular weight excluding hydrogens is 285 g/mol. The van der Waals surface area contributed by atoms with Crippen LogP contribution in [0.4, 0.5) is 13.2 Å². The van der Waals surface area contributed by atoms with Crippen molar-refractivity contribution in [1.82, 2.24) is 10.1 Å². The molecule has 1 aromatic carbocycles. The van der Waals surface area contributed by atoms with E-state index in [1.54, 1.807) is 0 Å². The summed E-state index contributed by atoms with van der Waals surface area (Å²) in [5.74, 6) is -1.93. The fourth-order valence-electron chi connectivity index (χ4n) is 2.54. The summed E-state index contributed by atoms with van der Waals surface area (Å²) in [6, 6.07) is 7.78. The van der Waals surface area contributed by atoms with Crippen LogP contribution in [0.2, 0.25) is 0 Å². The first-order valence-corrected chi connectivity index (χ1v) is 6.45. The molecule has 0 aliphatic heterocycles. The molecule has 0 saturated heterocycles. The van der Waals surface area contributed by atoms with Gasteiger partial charge in [-0.3, -0.25) is 4.79 Å². The molecule has 2 aromatic rings. The summed E-state index contributed by atoms with van der Waals surface area (Å²) in [6.07, 6.45) is -4.14. The zero-order chi connectivity index (χ0) is 15.0. The van der Waals surface area contributed by atoms with Crippen molar-refractivity contribution >= 4 is 5.78 Å². The van der Waals surface area contributed by atoms with Crippen LogP contribution >= 0.6 is 0 Å². The molecule has 0 saturated carbocycles. The van der Waals surface area contributed by atoms with E-state index >= 15 is 0 Å². The van der Waals surface area contributed by atoms with Crippen molar-refractivity contribution in [1.29, 1.82) is 0 Å². The standard InChI is InChI=1S/C14H11F3N2O2/c15-14(16,17)11(20)7-12-18-13(19-21-12)10-6-5-8-3-1-2-4-9(8)10/h1-4,10H,5-7H2. The minimum atomic E-state index is -4.88. The third-order valence-electron chi connectivity index (χ3n) is 3.56. The molecule has 0 radical (unpaired) electrons. The number of rotatable bonds is 3. The maximum atomic E-state index is 12.2. The molecule has 1 aliphatic carbocycles. The summed E-state index contributed by atoms with van der Waals surface area (Å²) in [5.41, 5.74) is 2.24. The number of halogens is 3. The van der Waals surface area contributed by atoms with Gasteiger partial charge in [-0.25, -0.2) is 0 Å². The van der Waals surface area contributed by atoms with E-state index in [2.05, 4.69) is 10.1 Å². The number of fused-ring (bicyclic) bond motifs is 1. The lowest BCUT2D eigenvalue weighted by Crippen LogP contribution is -2.24. The number of hydrogen-bond donors (Lipinski definition) is 0. The lowest BCUT2D eigenvalue weighted by molar-refractivity contribution is -0.170. The second-order valence-corrected chi connectivity index (χ2v) is 4.93. The van der Waals surface area contributed by atoms with Crippen molar-refractivity contribution in [2.24, 2.45) is 0 Å². The Kier molecular flexibility index (Phi) is 3.27. The highest BCUT2D eigenvalue weighted by Gasteiger charge is 2.39. The second-order valence-electron chi connectivity index (χ2n) is 4.93. The number of hydrogen-bond acceptors (Lipinski definition) is 4. The molecule has 1 unspecified atom stereocenters. The van der Waals surface area contributed by atoms with E-state index in [1.165, 1.54) is 5.56 Å². The SMILES string of the molecule is O=C(Cc1nc(C2CCc3ccccc32)no1)C(F)(F)F. The van der Waals surface area contributed by atoms with E-state index in [4.69, 9.17) is 4.52 Å². The smallest absolute Gasteiger partial charge is 0.339 e. The van der Waals surface area contributed by atoms with Crippen molar-refractivity contribution in [3.8, 4) is 0 Å². The van der Waals surface area contributed by atoms with Crippen molar-refractivity contribution in [3.63, 3.8) is 0 Å². The molecule has 0 fully saturated rings. The Morgan fingerprint density at radius 1 is 1.33 bits per heavy atom. The molecule has 110 valence electrons. The first kappa shape index (κ1) is 13.8. The predicted octanol–water partition coefficient (Wildman–Crippen LogP) is 2.82. The Morgan fingerprint density at radius 2 is 2.10 bits per heavy atom. The predicted molar refractivity (Wildman–Crippen MR) is 65.7 cm³/mol. The van der Waals surface area contributed by atoms with Crippen LogP contribution in [0.5, 0.6) is 0 Å². The van der Waals surface area contributed by atoms with E-state index in [0.29, 0.717) is 5.82 Å². The van der Waals surface area contributed by atoms with Crippen molar-refractivity contribution in [3.05, 3.63) is 47.1 Å². The molecule has 0 amide bonds. The van der Waals surface area contributed by atoms with Crippen LogP contribution in [0.15, 0.2) is 28.8 Å². The fraction of sp³-hybridized carbons (Fsp3) is 0.357. The van der Waals surface area contributed by atoms with Crippen LogP contribution in [0.25, 0.3) is 0 Å². The van der Waals surface area contributed by atoms with Crippen LogP contribution in [0, 0.1) is 0 Å². The van der Waals surface area contributed by atoms with Gasteiger partial charge in [-0.15, -0.1) is 0 Å². The maximum Gasteiger partial charge on any atom is 0.450 e. The molecule has 3 rings (SSSR count). The van der Waals surface area contributed by atoms with Gasteiger partial charge >= 0.3 is 6.18 Å². The first-order chi connectivity index (χ1) is 9.95. The van der Waals surface area contributed by atoms with Crippen molar-refractivity contribution in [2.75, 3.05) is 0 Å². The molecule has 1 heterocycles. The Balaban J connectivity index is 1.79. The number of aryl methyl sites for hydroxylation is 1. The molecule has 1 aliphatic rings. The van der Waals surface area contributed by atoms with Gasteiger partial charge in [0.05, 0.1) is 6.42 Å². The number of benzene rings is 1. The zero-order valence-corrected chi connectivity index (χ0v) is 10.9. The van der Waals surface area contributed by atoms with E-state index < -0.39 is 18.4 Å². The quantitative estimate of drug-likeness (QED) is 0.874. The molecule has 7 heteroatoms. The zero-order valence-electron chi connectivity index (χ0n) is 10.9. The molecule has 0 bridgehead atoms. The van der Waals surface area contributed by atoms with Gasteiger partial charge < -0.3 is 4.52 Å². The van der Waals surface area contributed by atoms with Gasteiger partial charge in [0, 0.05) is 5.92 Å². The van der Waals surface area contributed by atoms with Gasteiger partial charge in [-0.1, -0.05) is 29.4 Å². The number of carbonyl (C=O) groups excluding carboxylic acids is 1. The van der Waals surface area contributed by atoms with E-state index in [1.807, 2.05) is 24.3 Å². The summed E-state index contributed by atoms with van der Waals surface area (Å²) in [6.45, 7) is 0. The Morgan fingerprint density at radius 3 is 2.86 bits per heavy atom. The maximum absolute atomic E-state index is 12.2. The minimum Gasteiger partial charge on any atom is -0.339 e. The molecule has 1 aromatic heterocycles. The van der Waals surface area contributed by atoms with Crippen molar-refractivity contribution in [2.45, 2.75) is 31.4 Å². The highest BCUT2D eigenvalue weighted by Crippen LogP contribution is 2.36. The summed E-state index contributed by atoms with van der Waals surface area (Å²) in [7, 11) is 0. The minimum absolute atomic E-state index is 0.0836. The number of carbonyl (C=O) groups is 1. The van der Waals surface area contributed by atoms with Crippen LogP contribution < -0.4 is 0 Å². The third kappa shape index (κ3) is 2.68. The van der Waals surface area contributed by atoms with E-state index in [0.717, 1.165) is 18.4 Å². The first-order valence-electron chi connectivity index (χ1n) is 6.45. The van der Waals surface area contributed by atoms with E-state index in [-0.39, 0.29) is 11.8 Å². The molecule has 1 atom stereocenters. The largest absolute Gasteiger partial charge is 0.450 e. The molecule has 4 nitrogen and oxygen atoms in total. The number of aromatic nitrogens is 2. The van der Waals surface area contributed by atoms with Crippen LogP contribution in [0.3, 0.4) is 0 Å². The third-order valence-corrected chi connectivity index (χ3v) is 3.56. The van der Waals surface area contributed by atoms with Gasteiger partial charge in [0.15, 0.2) is 5.82 Å². The molecular formula is C14H11F3N2O2. The van der Waals surface area contributed by atoms with E-state index in [9.17, 15) is 18.0 Å². The number of nitrogens with zero attached hydrogens (tertiary/aromatic N) is 2. The second kappa shape index (κ2) is 4.98. The van der Waals surface area contributed by atoms with Gasteiger partial charge in [-0.2, -0.15) is 18.2 Å². The fourth-order valence-corrected chi connectivity index (χ4v) is 2.54. The Bertz CT molecular complexity index is 679. The summed E-state index contributed by atoms with van der Waals surface area (Å²) in [4.78, 5) is 14.9. The summed E-state index contributed by atoms with van der Waals surface area (Å²) in [5, 5.41) is 3.73. The highest BCUT2D eigenvalue weighted by molar-refractivity contribution is 5.85. The van der Waals surface area contributed by atoms with Gasteiger partial charge in [-0.05, 0) is 24.0 Å². The van der Waals surface area contributed by atoms with Crippen LogP contribution in [0.1, 0.15) is 35.2 Å². The molecule has 0 N–H and O–H groups in total. The topological polar surface area (TPSA) is 56.0 Å². The Labute approximate surface area is 118 Å². The monoisotopic (exact) mass is 296 g/mol. The number of ketones is 1. The Hall–Kier alpha value is -2.18. The van der Waals surface area contributed by atoms with Crippen LogP contribution in [-0.4, -0.2) is 22.1 Å². The lowest BCUT2D eigenvalue weighted by atomic mass is 10.0. The average molecular weight is 296 g/mol. The average Bonchev–Trinajstić information content (AvgIpc) is 3.03. The van der Waals surface area contributed by atoms with Crippen molar-refractivity contribution < 1.29 is 22.5 Å². The van der Waals surface area contributed by atoms with Gasteiger partial charge in [0.1, 0.15) is 0 Å². The van der Waals surface area contributed by atoms with Gasteiger partial charge in [0.25, 0.3) is 0 Å². The number of Topliss-reactive ketones (excluding diaryl/α,β-unsaturated/α-hetero) is 1. The normalized spacial score (nSPS) is 17.8. The molecule has 21 heavy (non-hydrogen) atoms. The lowest BCUT2D eigenvalue weighted by Gasteiger charge is -2.05. The summed E-state index contributed by atoms with van der Waals surface area (Å²) < 4.78 is 41.4. The van der Waals surface area contributed by atoms with Crippen LogP contribution in [-0.2, 0) is 17.6 Å².